The molecule has 2 aromatic carbocycles. The van der Waals surface area contributed by atoms with Crippen LogP contribution in [0.2, 0.25) is 0 Å². The van der Waals surface area contributed by atoms with Crippen molar-refractivity contribution in [2.45, 2.75) is 33.6 Å². The molecule has 2 aromatic rings. The predicted octanol–water partition coefficient (Wildman–Crippen LogP) is 3.32. The molecule has 5 heteroatoms. The van der Waals surface area contributed by atoms with Crippen LogP contribution in [0.4, 0.5) is 0 Å². The predicted molar refractivity (Wildman–Crippen MR) is 107 cm³/mol. The Morgan fingerprint density at radius 2 is 1.63 bits per heavy atom. The lowest BCUT2D eigenvalue weighted by atomic mass is 10.1. The Labute approximate surface area is 161 Å². The maximum atomic E-state index is 12.1. The van der Waals surface area contributed by atoms with Gasteiger partial charge in [0.15, 0.2) is 0 Å². The highest BCUT2D eigenvalue weighted by Crippen LogP contribution is 2.16. The Morgan fingerprint density at radius 1 is 0.889 bits per heavy atom. The largest absolute Gasteiger partial charge is 0.493 e. The SMILES string of the molecule is Cc1ccc(C(=O)NCCNC(=O)CCCOc2ccccc2C)cc1C. The molecule has 2 rings (SSSR count). The summed E-state index contributed by atoms with van der Waals surface area (Å²) < 4.78 is 5.67. The van der Waals surface area contributed by atoms with E-state index >= 15 is 0 Å². The second-order valence-electron chi connectivity index (χ2n) is 6.62. The smallest absolute Gasteiger partial charge is 0.251 e. The Kier molecular flexibility index (Phi) is 7.86. The lowest BCUT2D eigenvalue weighted by molar-refractivity contribution is -0.121. The van der Waals surface area contributed by atoms with Crippen LogP contribution in [0.5, 0.6) is 5.75 Å². The summed E-state index contributed by atoms with van der Waals surface area (Å²) in [6.45, 7) is 7.30. The fraction of sp³-hybridized carbons (Fsp3) is 0.364. The number of hydrogen-bond donors (Lipinski definition) is 2. The Morgan fingerprint density at radius 3 is 2.37 bits per heavy atom. The molecule has 0 aliphatic rings. The summed E-state index contributed by atoms with van der Waals surface area (Å²) in [5.74, 6) is 0.690. The highest BCUT2D eigenvalue weighted by atomic mass is 16.5. The van der Waals surface area contributed by atoms with E-state index in [1.54, 1.807) is 0 Å². The normalized spacial score (nSPS) is 10.3. The molecule has 0 atom stereocenters. The lowest BCUT2D eigenvalue weighted by Crippen LogP contribution is -2.34. The van der Waals surface area contributed by atoms with Gasteiger partial charge in [-0.25, -0.2) is 0 Å². The van der Waals surface area contributed by atoms with Gasteiger partial charge in [-0.15, -0.1) is 0 Å². The molecular weight excluding hydrogens is 340 g/mol. The molecule has 27 heavy (non-hydrogen) atoms. The topological polar surface area (TPSA) is 67.4 Å². The molecule has 0 spiro atoms. The summed E-state index contributed by atoms with van der Waals surface area (Å²) in [5.41, 5.74) is 3.97. The van der Waals surface area contributed by atoms with E-state index in [2.05, 4.69) is 10.6 Å². The van der Waals surface area contributed by atoms with Gasteiger partial charge in [-0.05, 0) is 62.1 Å². The summed E-state index contributed by atoms with van der Waals surface area (Å²) in [4.78, 5) is 23.9. The van der Waals surface area contributed by atoms with Crippen LogP contribution < -0.4 is 15.4 Å². The molecule has 2 amide bonds. The highest BCUT2D eigenvalue weighted by molar-refractivity contribution is 5.94. The molecular formula is C22H28N2O3. The zero-order valence-electron chi connectivity index (χ0n) is 16.3. The molecule has 0 radical (unpaired) electrons. The van der Waals surface area contributed by atoms with Gasteiger partial charge in [-0.2, -0.15) is 0 Å². The first-order chi connectivity index (χ1) is 13.0. The molecule has 0 unspecified atom stereocenters. The molecule has 0 aromatic heterocycles. The number of amides is 2. The third kappa shape index (κ3) is 6.77. The van der Waals surface area contributed by atoms with E-state index in [9.17, 15) is 9.59 Å². The van der Waals surface area contributed by atoms with Crippen LogP contribution in [-0.2, 0) is 4.79 Å². The van der Waals surface area contributed by atoms with Crippen LogP contribution in [-0.4, -0.2) is 31.5 Å². The number of benzene rings is 2. The van der Waals surface area contributed by atoms with Crippen LogP contribution in [0, 0.1) is 20.8 Å². The van der Waals surface area contributed by atoms with Crippen molar-refractivity contribution in [1.82, 2.24) is 10.6 Å². The van der Waals surface area contributed by atoms with Gasteiger partial charge in [0.2, 0.25) is 5.91 Å². The number of ether oxygens (including phenoxy) is 1. The van der Waals surface area contributed by atoms with Crippen molar-refractivity contribution in [3.8, 4) is 5.75 Å². The van der Waals surface area contributed by atoms with E-state index < -0.39 is 0 Å². The average molecular weight is 368 g/mol. The number of aryl methyl sites for hydroxylation is 3. The maximum Gasteiger partial charge on any atom is 0.251 e. The first-order valence-corrected chi connectivity index (χ1v) is 9.28. The lowest BCUT2D eigenvalue weighted by Gasteiger charge is -2.10. The van der Waals surface area contributed by atoms with E-state index in [1.165, 1.54) is 0 Å². The molecule has 0 saturated heterocycles. The van der Waals surface area contributed by atoms with Crippen LogP contribution in [0.1, 0.15) is 39.9 Å². The van der Waals surface area contributed by atoms with Crippen LogP contribution in [0.25, 0.3) is 0 Å². The second kappa shape index (κ2) is 10.4. The number of carbonyl (C=O) groups excluding carboxylic acids is 2. The molecule has 0 bridgehead atoms. The van der Waals surface area contributed by atoms with Gasteiger partial charge in [-0.3, -0.25) is 9.59 Å². The van der Waals surface area contributed by atoms with Crippen molar-refractivity contribution in [2.24, 2.45) is 0 Å². The van der Waals surface area contributed by atoms with Gasteiger partial charge >= 0.3 is 0 Å². The summed E-state index contributed by atoms with van der Waals surface area (Å²) in [6.07, 6.45) is 1.05. The van der Waals surface area contributed by atoms with Gasteiger partial charge in [0.1, 0.15) is 5.75 Å². The van der Waals surface area contributed by atoms with Crippen molar-refractivity contribution in [3.05, 3.63) is 64.7 Å². The molecule has 0 aliphatic carbocycles. The fourth-order valence-corrected chi connectivity index (χ4v) is 2.58. The first-order valence-electron chi connectivity index (χ1n) is 9.28. The summed E-state index contributed by atoms with van der Waals surface area (Å²) in [7, 11) is 0. The van der Waals surface area contributed by atoms with Crippen LogP contribution >= 0.6 is 0 Å². The molecule has 0 fully saturated rings. The molecule has 0 heterocycles. The van der Waals surface area contributed by atoms with Crippen molar-refractivity contribution in [3.63, 3.8) is 0 Å². The van der Waals surface area contributed by atoms with E-state index in [0.717, 1.165) is 22.4 Å². The third-order valence-corrected chi connectivity index (χ3v) is 4.40. The van der Waals surface area contributed by atoms with E-state index in [-0.39, 0.29) is 11.8 Å². The summed E-state index contributed by atoms with van der Waals surface area (Å²) in [5, 5.41) is 5.63. The van der Waals surface area contributed by atoms with Gasteiger partial charge < -0.3 is 15.4 Å². The van der Waals surface area contributed by atoms with E-state index in [1.807, 2.05) is 63.2 Å². The highest BCUT2D eigenvalue weighted by Gasteiger charge is 2.07. The number of rotatable bonds is 9. The maximum absolute atomic E-state index is 12.1. The van der Waals surface area contributed by atoms with Gasteiger partial charge in [-0.1, -0.05) is 24.3 Å². The second-order valence-corrected chi connectivity index (χ2v) is 6.62. The Balaban J connectivity index is 1.58. The van der Waals surface area contributed by atoms with E-state index in [4.69, 9.17) is 4.74 Å². The molecule has 0 aliphatic heterocycles. The fourth-order valence-electron chi connectivity index (χ4n) is 2.58. The van der Waals surface area contributed by atoms with Crippen LogP contribution in [0.15, 0.2) is 42.5 Å². The number of nitrogens with one attached hydrogen (secondary N) is 2. The average Bonchev–Trinajstić information content (AvgIpc) is 2.65. The molecule has 0 saturated carbocycles. The summed E-state index contributed by atoms with van der Waals surface area (Å²) >= 11 is 0. The first kappa shape index (κ1) is 20.5. The Hall–Kier alpha value is -2.82. The van der Waals surface area contributed by atoms with Crippen molar-refractivity contribution in [2.75, 3.05) is 19.7 Å². The third-order valence-electron chi connectivity index (χ3n) is 4.40. The minimum Gasteiger partial charge on any atom is -0.493 e. The van der Waals surface area contributed by atoms with Crippen molar-refractivity contribution in [1.29, 1.82) is 0 Å². The van der Waals surface area contributed by atoms with Crippen molar-refractivity contribution >= 4 is 11.8 Å². The summed E-state index contributed by atoms with van der Waals surface area (Å²) in [6, 6.07) is 13.4. The van der Waals surface area contributed by atoms with Gasteiger partial charge in [0.05, 0.1) is 6.61 Å². The monoisotopic (exact) mass is 368 g/mol. The minimum atomic E-state index is -0.126. The van der Waals surface area contributed by atoms with E-state index in [0.29, 0.717) is 38.1 Å². The van der Waals surface area contributed by atoms with Crippen LogP contribution in [0.3, 0.4) is 0 Å². The zero-order chi connectivity index (χ0) is 19.6. The number of hydrogen-bond acceptors (Lipinski definition) is 3. The number of carbonyl (C=O) groups is 2. The minimum absolute atomic E-state index is 0.0381. The van der Waals surface area contributed by atoms with Crippen molar-refractivity contribution < 1.29 is 14.3 Å². The standard InChI is InChI=1S/C22H28N2O3/c1-16-10-11-19(15-18(16)3)22(26)24-13-12-23-21(25)9-6-14-27-20-8-5-4-7-17(20)2/h4-5,7-8,10-11,15H,6,9,12-14H2,1-3H3,(H,23,25)(H,24,26). The zero-order valence-corrected chi connectivity index (χ0v) is 16.3. The number of para-hydroxylation sites is 1. The Bertz CT molecular complexity index is 787. The quantitative estimate of drug-likeness (QED) is 0.667. The molecule has 2 N–H and O–H groups in total. The van der Waals surface area contributed by atoms with Gasteiger partial charge in [0.25, 0.3) is 5.91 Å². The van der Waals surface area contributed by atoms with Gasteiger partial charge in [0, 0.05) is 25.1 Å². The molecule has 5 nitrogen and oxygen atoms in total. The molecule has 144 valence electrons.